The van der Waals surface area contributed by atoms with Gasteiger partial charge in [-0.05, 0) is 17.7 Å². The van der Waals surface area contributed by atoms with Crippen LogP contribution in [0.1, 0.15) is 22.8 Å². The van der Waals surface area contributed by atoms with Crippen LogP contribution in [0.4, 0.5) is 0 Å². The Bertz CT molecular complexity index is 389. The van der Waals surface area contributed by atoms with E-state index in [2.05, 4.69) is 6.92 Å². The van der Waals surface area contributed by atoms with E-state index in [9.17, 15) is 4.79 Å². The Labute approximate surface area is 92.4 Å². The van der Waals surface area contributed by atoms with Crippen LogP contribution in [0.15, 0.2) is 23.1 Å². The summed E-state index contributed by atoms with van der Waals surface area (Å²) in [5, 5.41) is 9.25. The monoisotopic (exact) mass is 224 g/mol. The first kappa shape index (κ1) is 10.5. The highest BCUT2D eigenvalue weighted by Crippen LogP contribution is 2.31. The molecular weight excluding hydrogens is 212 g/mol. The van der Waals surface area contributed by atoms with Gasteiger partial charge in [0.2, 0.25) is 0 Å². The summed E-state index contributed by atoms with van der Waals surface area (Å²) in [5.41, 5.74) is 1.42. The van der Waals surface area contributed by atoms with Gasteiger partial charge in [0.15, 0.2) is 0 Å². The first-order chi connectivity index (χ1) is 7.16. The predicted octanol–water partition coefficient (Wildman–Crippen LogP) is 2.40. The molecule has 0 amide bonds. The van der Waals surface area contributed by atoms with E-state index in [1.165, 1.54) is 0 Å². The smallest absolute Gasteiger partial charge is 0.335 e. The van der Waals surface area contributed by atoms with Gasteiger partial charge in [0.1, 0.15) is 0 Å². The topological polar surface area (TPSA) is 46.5 Å². The summed E-state index contributed by atoms with van der Waals surface area (Å²) in [4.78, 5) is 11.8. The van der Waals surface area contributed by atoms with E-state index in [-0.39, 0.29) is 0 Å². The quantitative estimate of drug-likeness (QED) is 0.795. The number of fused-ring (bicyclic) bond motifs is 1. The number of carbonyl (C=O) groups is 1. The van der Waals surface area contributed by atoms with Crippen LogP contribution in [0.5, 0.6) is 0 Å². The maximum Gasteiger partial charge on any atom is 0.335 e. The van der Waals surface area contributed by atoms with Crippen molar-refractivity contribution in [3.05, 3.63) is 29.3 Å². The number of thioether (sulfide) groups is 1. The molecule has 3 nitrogen and oxygen atoms in total. The largest absolute Gasteiger partial charge is 0.478 e. The lowest BCUT2D eigenvalue weighted by atomic mass is 10.1. The Balaban J connectivity index is 2.37. The molecule has 0 bridgehead atoms. The SMILES string of the molecule is CC1COCc2ccc(C(=O)O)cc2S1. The molecular formula is C11H12O3S. The Morgan fingerprint density at radius 3 is 3.13 bits per heavy atom. The minimum atomic E-state index is -0.879. The molecule has 2 rings (SSSR count). The fraction of sp³-hybridized carbons (Fsp3) is 0.364. The van der Waals surface area contributed by atoms with Gasteiger partial charge < -0.3 is 9.84 Å². The van der Waals surface area contributed by atoms with Crippen LogP contribution < -0.4 is 0 Å². The first-order valence-corrected chi connectivity index (χ1v) is 5.65. The lowest BCUT2D eigenvalue weighted by Crippen LogP contribution is -2.03. The number of carboxylic acids is 1. The normalized spacial score (nSPS) is 20.5. The fourth-order valence-electron chi connectivity index (χ4n) is 1.50. The summed E-state index contributed by atoms with van der Waals surface area (Å²) in [5.74, 6) is -0.879. The molecule has 0 saturated carbocycles. The van der Waals surface area contributed by atoms with Crippen molar-refractivity contribution < 1.29 is 14.6 Å². The van der Waals surface area contributed by atoms with Crippen molar-refractivity contribution in [2.24, 2.45) is 0 Å². The van der Waals surface area contributed by atoms with E-state index in [1.807, 2.05) is 6.07 Å². The standard InChI is InChI=1S/C11H12O3S/c1-7-5-14-6-9-3-2-8(11(12)13)4-10(9)15-7/h2-4,7H,5-6H2,1H3,(H,12,13). The molecule has 1 N–H and O–H groups in total. The van der Waals surface area contributed by atoms with E-state index in [4.69, 9.17) is 9.84 Å². The third-order valence-corrected chi connectivity index (χ3v) is 3.42. The fourth-order valence-corrected chi connectivity index (χ4v) is 2.57. The first-order valence-electron chi connectivity index (χ1n) is 4.77. The van der Waals surface area contributed by atoms with E-state index in [0.717, 1.165) is 10.5 Å². The summed E-state index contributed by atoms with van der Waals surface area (Å²) < 4.78 is 5.47. The van der Waals surface area contributed by atoms with Crippen molar-refractivity contribution in [1.29, 1.82) is 0 Å². The van der Waals surface area contributed by atoms with Crippen molar-refractivity contribution in [3.8, 4) is 0 Å². The third kappa shape index (κ3) is 2.33. The Morgan fingerprint density at radius 1 is 1.60 bits per heavy atom. The molecule has 1 aromatic carbocycles. The van der Waals surface area contributed by atoms with Crippen LogP contribution in [0.2, 0.25) is 0 Å². The second-order valence-electron chi connectivity index (χ2n) is 3.57. The van der Waals surface area contributed by atoms with Crippen LogP contribution in [-0.4, -0.2) is 22.9 Å². The number of hydrogen-bond acceptors (Lipinski definition) is 3. The van der Waals surface area contributed by atoms with Gasteiger partial charge in [0, 0.05) is 10.1 Å². The van der Waals surface area contributed by atoms with E-state index >= 15 is 0 Å². The highest BCUT2D eigenvalue weighted by molar-refractivity contribution is 8.00. The molecule has 1 aliphatic rings. The highest BCUT2D eigenvalue weighted by atomic mass is 32.2. The molecule has 0 fully saturated rings. The van der Waals surface area contributed by atoms with Gasteiger partial charge in [0.05, 0.1) is 18.8 Å². The molecule has 0 aliphatic carbocycles. The van der Waals surface area contributed by atoms with Crippen molar-refractivity contribution in [2.75, 3.05) is 6.61 Å². The van der Waals surface area contributed by atoms with Gasteiger partial charge in [-0.3, -0.25) is 0 Å². The zero-order valence-electron chi connectivity index (χ0n) is 8.40. The number of aromatic carboxylic acids is 1. The number of rotatable bonds is 1. The minimum absolute atomic E-state index is 0.343. The zero-order chi connectivity index (χ0) is 10.8. The van der Waals surface area contributed by atoms with Crippen LogP contribution in [0.25, 0.3) is 0 Å². The van der Waals surface area contributed by atoms with Gasteiger partial charge in [-0.2, -0.15) is 0 Å². The van der Waals surface area contributed by atoms with E-state index in [1.54, 1.807) is 23.9 Å². The van der Waals surface area contributed by atoms with Crippen molar-refractivity contribution >= 4 is 17.7 Å². The number of ether oxygens (including phenoxy) is 1. The zero-order valence-corrected chi connectivity index (χ0v) is 9.21. The molecule has 0 saturated heterocycles. The second-order valence-corrected chi connectivity index (χ2v) is 5.05. The summed E-state index contributed by atoms with van der Waals surface area (Å²) in [6, 6.07) is 5.19. The Kier molecular flexibility index (Phi) is 2.98. The van der Waals surface area contributed by atoms with Gasteiger partial charge in [-0.15, -0.1) is 11.8 Å². The van der Waals surface area contributed by atoms with Gasteiger partial charge >= 0.3 is 5.97 Å². The van der Waals surface area contributed by atoms with Crippen molar-refractivity contribution in [1.82, 2.24) is 0 Å². The van der Waals surface area contributed by atoms with Crippen LogP contribution in [0, 0.1) is 0 Å². The second kappa shape index (κ2) is 4.24. The molecule has 0 radical (unpaired) electrons. The molecule has 1 atom stereocenters. The lowest BCUT2D eigenvalue weighted by Gasteiger charge is -2.07. The number of benzene rings is 1. The molecule has 1 aliphatic heterocycles. The summed E-state index contributed by atoms with van der Waals surface area (Å²) in [7, 11) is 0. The molecule has 15 heavy (non-hydrogen) atoms. The molecule has 1 unspecified atom stereocenters. The van der Waals surface area contributed by atoms with Crippen molar-refractivity contribution in [2.45, 2.75) is 23.7 Å². The van der Waals surface area contributed by atoms with Gasteiger partial charge in [-0.1, -0.05) is 13.0 Å². The predicted molar refractivity (Wildman–Crippen MR) is 58.4 cm³/mol. The Hall–Kier alpha value is -1.00. The summed E-state index contributed by atoms with van der Waals surface area (Å²) in [6.45, 7) is 3.36. The van der Waals surface area contributed by atoms with Gasteiger partial charge in [0.25, 0.3) is 0 Å². The van der Waals surface area contributed by atoms with Crippen LogP contribution >= 0.6 is 11.8 Å². The average Bonchev–Trinajstić information content (AvgIpc) is 2.37. The van der Waals surface area contributed by atoms with E-state index < -0.39 is 5.97 Å². The molecule has 1 aromatic rings. The van der Waals surface area contributed by atoms with Crippen molar-refractivity contribution in [3.63, 3.8) is 0 Å². The molecule has 4 heteroatoms. The van der Waals surface area contributed by atoms with Crippen LogP contribution in [0.3, 0.4) is 0 Å². The number of hydrogen-bond donors (Lipinski definition) is 1. The van der Waals surface area contributed by atoms with Gasteiger partial charge in [-0.25, -0.2) is 4.79 Å². The minimum Gasteiger partial charge on any atom is -0.478 e. The maximum atomic E-state index is 10.8. The Morgan fingerprint density at radius 2 is 2.40 bits per heavy atom. The third-order valence-electron chi connectivity index (χ3n) is 2.25. The lowest BCUT2D eigenvalue weighted by molar-refractivity contribution is 0.0696. The summed E-state index contributed by atoms with van der Waals surface area (Å²) in [6.07, 6.45) is 0. The summed E-state index contributed by atoms with van der Waals surface area (Å²) >= 11 is 1.68. The molecule has 80 valence electrons. The number of carboxylic acid groups (broad SMARTS) is 1. The molecule has 1 heterocycles. The molecule has 0 aromatic heterocycles. The maximum absolute atomic E-state index is 10.8. The average molecular weight is 224 g/mol. The molecule has 0 spiro atoms. The van der Waals surface area contributed by atoms with Crippen LogP contribution in [-0.2, 0) is 11.3 Å². The van der Waals surface area contributed by atoms with E-state index in [0.29, 0.717) is 24.0 Å². The highest BCUT2D eigenvalue weighted by Gasteiger charge is 2.15.